The molecular weight excluding hydrogens is 208 g/mol. The van der Waals surface area contributed by atoms with Gasteiger partial charge in [-0.3, -0.25) is 4.79 Å². The van der Waals surface area contributed by atoms with E-state index >= 15 is 0 Å². The van der Waals surface area contributed by atoms with E-state index < -0.39 is 0 Å². The topological polar surface area (TPSA) is 59.6 Å². The summed E-state index contributed by atoms with van der Waals surface area (Å²) in [5.74, 6) is -0.0459. The van der Waals surface area contributed by atoms with Crippen molar-refractivity contribution >= 4 is 5.91 Å². The van der Waals surface area contributed by atoms with E-state index in [2.05, 4.69) is 10.6 Å². The van der Waals surface area contributed by atoms with Gasteiger partial charge in [0.05, 0.1) is 17.7 Å². The fourth-order valence-electron chi connectivity index (χ4n) is 1.99. The van der Waals surface area contributed by atoms with Crippen LogP contribution in [0.1, 0.15) is 20.3 Å². The Morgan fingerprint density at radius 1 is 1.62 bits per heavy atom. The van der Waals surface area contributed by atoms with Crippen molar-refractivity contribution in [2.24, 2.45) is 0 Å². The Morgan fingerprint density at radius 2 is 2.38 bits per heavy atom. The molecule has 5 heteroatoms. The number of hydrogen-bond acceptors (Lipinski definition) is 4. The van der Waals surface area contributed by atoms with E-state index in [1.165, 1.54) is 0 Å². The van der Waals surface area contributed by atoms with Crippen LogP contribution in [0.5, 0.6) is 0 Å². The molecule has 0 saturated carbocycles. The summed E-state index contributed by atoms with van der Waals surface area (Å²) in [5.41, 5.74) is -0.158. The van der Waals surface area contributed by atoms with Gasteiger partial charge in [0.1, 0.15) is 6.61 Å². The van der Waals surface area contributed by atoms with E-state index in [-0.39, 0.29) is 30.3 Å². The van der Waals surface area contributed by atoms with Crippen molar-refractivity contribution in [3.05, 3.63) is 0 Å². The minimum Gasteiger partial charge on any atom is -0.376 e. The summed E-state index contributed by atoms with van der Waals surface area (Å²) in [6.07, 6.45) is 1.01. The highest BCUT2D eigenvalue weighted by Crippen LogP contribution is 2.15. The second kappa shape index (κ2) is 4.69. The average Bonchev–Trinajstić information content (AvgIpc) is 2.59. The van der Waals surface area contributed by atoms with Crippen LogP contribution in [0.2, 0.25) is 0 Å². The highest BCUT2D eigenvalue weighted by atomic mass is 16.5. The quantitative estimate of drug-likeness (QED) is 0.691. The summed E-state index contributed by atoms with van der Waals surface area (Å²) < 4.78 is 10.9. The van der Waals surface area contributed by atoms with E-state index in [4.69, 9.17) is 9.47 Å². The molecule has 2 aliphatic rings. The summed E-state index contributed by atoms with van der Waals surface area (Å²) in [6, 6.07) is 0.142. The highest BCUT2D eigenvalue weighted by Gasteiger charge is 2.33. The summed E-state index contributed by atoms with van der Waals surface area (Å²) in [6.45, 7) is 6.51. The Bertz CT molecular complexity index is 266. The molecule has 0 aliphatic carbocycles. The molecule has 2 N–H and O–H groups in total. The van der Waals surface area contributed by atoms with Gasteiger partial charge in [0.25, 0.3) is 0 Å². The Labute approximate surface area is 95.9 Å². The molecule has 2 atom stereocenters. The first-order valence-electron chi connectivity index (χ1n) is 5.85. The number of carbonyl (C=O) groups is 1. The first-order valence-corrected chi connectivity index (χ1v) is 5.85. The number of amides is 1. The van der Waals surface area contributed by atoms with E-state index in [0.29, 0.717) is 0 Å². The smallest absolute Gasteiger partial charge is 0.246 e. The number of nitrogens with one attached hydrogen (secondary N) is 2. The summed E-state index contributed by atoms with van der Waals surface area (Å²) in [7, 11) is 0. The molecule has 2 heterocycles. The molecule has 0 aromatic rings. The Balaban J connectivity index is 1.68. The van der Waals surface area contributed by atoms with E-state index in [9.17, 15) is 4.79 Å². The van der Waals surface area contributed by atoms with Crippen molar-refractivity contribution in [1.82, 2.24) is 10.6 Å². The van der Waals surface area contributed by atoms with Crippen molar-refractivity contribution in [3.8, 4) is 0 Å². The molecule has 0 radical (unpaired) electrons. The standard InChI is InChI=1S/C11H20N2O3/c1-8-9(3-4-15-8)13-10(14)5-16-11(2)6-12-7-11/h8-9,12H,3-7H2,1-2H3,(H,13,14). The first kappa shape index (κ1) is 11.8. The maximum atomic E-state index is 11.6. The molecule has 2 fully saturated rings. The first-order chi connectivity index (χ1) is 7.59. The zero-order valence-corrected chi connectivity index (χ0v) is 9.91. The minimum absolute atomic E-state index is 0.0459. The Kier molecular flexibility index (Phi) is 3.47. The largest absolute Gasteiger partial charge is 0.376 e. The van der Waals surface area contributed by atoms with Gasteiger partial charge in [-0.1, -0.05) is 0 Å². The van der Waals surface area contributed by atoms with Gasteiger partial charge in [0.2, 0.25) is 5.91 Å². The second-order valence-electron chi connectivity index (χ2n) is 4.88. The fourth-order valence-corrected chi connectivity index (χ4v) is 1.99. The van der Waals surface area contributed by atoms with Crippen LogP contribution in [0.25, 0.3) is 0 Å². The lowest BCUT2D eigenvalue weighted by molar-refractivity contribution is -0.136. The summed E-state index contributed by atoms with van der Waals surface area (Å²) in [4.78, 5) is 11.6. The molecule has 0 spiro atoms. The molecular formula is C11H20N2O3. The van der Waals surface area contributed by atoms with Crippen molar-refractivity contribution < 1.29 is 14.3 Å². The van der Waals surface area contributed by atoms with E-state index in [1.54, 1.807) is 0 Å². The molecule has 2 aliphatic heterocycles. The van der Waals surface area contributed by atoms with Gasteiger partial charge < -0.3 is 20.1 Å². The summed E-state index contributed by atoms with van der Waals surface area (Å²) in [5, 5.41) is 6.07. The normalized spacial score (nSPS) is 32.1. The SMILES string of the molecule is CC1OCCC1NC(=O)COC1(C)CNC1. The van der Waals surface area contributed by atoms with Crippen molar-refractivity contribution in [2.75, 3.05) is 26.3 Å². The van der Waals surface area contributed by atoms with Crippen LogP contribution in [0.15, 0.2) is 0 Å². The van der Waals surface area contributed by atoms with Gasteiger partial charge in [-0.25, -0.2) is 0 Å². The van der Waals surface area contributed by atoms with Crippen LogP contribution < -0.4 is 10.6 Å². The molecule has 1 amide bonds. The Morgan fingerprint density at radius 3 is 2.88 bits per heavy atom. The molecule has 2 saturated heterocycles. The minimum atomic E-state index is -0.158. The van der Waals surface area contributed by atoms with Crippen LogP contribution in [0.4, 0.5) is 0 Å². The van der Waals surface area contributed by atoms with Gasteiger partial charge in [-0.15, -0.1) is 0 Å². The molecule has 2 rings (SSSR count). The zero-order chi connectivity index (χ0) is 11.6. The van der Waals surface area contributed by atoms with Crippen LogP contribution >= 0.6 is 0 Å². The molecule has 2 unspecified atom stereocenters. The van der Waals surface area contributed by atoms with Crippen molar-refractivity contribution in [2.45, 2.75) is 38.0 Å². The molecule has 5 nitrogen and oxygen atoms in total. The van der Waals surface area contributed by atoms with Gasteiger partial charge in [-0.2, -0.15) is 0 Å². The van der Waals surface area contributed by atoms with Crippen LogP contribution in [0.3, 0.4) is 0 Å². The van der Waals surface area contributed by atoms with Gasteiger partial charge in [-0.05, 0) is 20.3 Å². The fraction of sp³-hybridized carbons (Fsp3) is 0.909. The summed E-state index contributed by atoms with van der Waals surface area (Å²) >= 11 is 0. The highest BCUT2D eigenvalue weighted by molar-refractivity contribution is 5.77. The predicted octanol–water partition coefficient (Wildman–Crippen LogP) is -0.341. The predicted molar refractivity (Wildman–Crippen MR) is 59.2 cm³/mol. The van der Waals surface area contributed by atoms with Crippen molar-refractivity contribution in [1.29, 1.82) is 0 Å². The molecule has 92 valence electrons. The van der Waals surface area contributed by atoms with Gasteiger partial charge >= 0.3 is 0 Å². The van der Waals surface area contributed by atoms with Gasteiger partial charge in [0, 0.05) is 19.7 Å². The number of carbonyl (C=O) groups excluding carboxylic acids is 1. The Hall–Kier alpha value is -0.650. The zero-order valence-electron chi connectivity index (χ0n) is 9.91. The van der Waals surface area contributed by atoms with E-state index in [0.717, 1.165) is 26.1 Å². The maximum Gasteiger partial charge on any atom is 0.246 e. The molecule has 0 aromatic heterocycles. The number of hydrogen-bond donors (Lipinski definition) is 2. The molecule has 16 heavy (non-hydrogen) atoms. The number of rotatable bonds is 4. The van der Waals surface area contributed by atoms with Crippen molar-refractivity contribution in [3.63, 3.8) is 0 Å². The van der Waals surface area contributed by atoms with Crippen LogP contribution in [-0.2, 0) is 14.3 Å². The lowest BCUT2D eigenvalue weighted by Crippen LogP contribution is -2.59. The van der Waals surface area contributed by atoms with Gasteiger partial charge in [0.15, 0.2) is 0 Å². The maximum absolute atomic E-state index is 11.6. The van der Waals surface area contributed by atoms with Crippen LogP contribution in [-0.4, -0.2) is 50.0 Å². The monoisotopic (exact) mass is 228 g/mol. The third kappa shape index (κ3) is 2.72. The third-order valence-electron chi connectivity index (χ3n) is 3.27. The molecule has 0 bridgehead atoms. The lowest BCUT2D eigenvalue weighted by atomic mass is 10.0. The van der Waals surface area contributed by atoms with Crippen LogP contribution in [0, 0.1) is 0 Å². The number of ether oxygens (including phenoxy) is 2. The van der Waals surface area contributed by atoms with E-state index in [1.807, 2.05) is 13.8 Å². The lowest BCUT2D eigenvalue weighted by Gasteiger charge is -2.38. The average molecular weight is 228 g/mol. The molecule has 0 aromatic carbocycles. The second-order valence-corrected chi connectivity index (χ2v) is 4.88. The third-order valence-corrected chi connectivity index (χ3v) is 3.27.